The summed E-state index contributed by atoms with van der Waals surface area (Å²) in [6, 6.07) is -3.45. The fourth-order valence-corrected chi connectivity index (χ4v) is 5.07. The van der Waals surface area contributed by atoms with Gasteiger partial charge in [-0.05, 0) is 19.4 Å². The molecule has 1 amide bonds. The first kappa shape index (κ1) is 33.3. The topological polar surface area (TPSA) is 332 Å². The molecule has 234 valence electrons. The summed E-state index contributed by atoms with van der Waals surface area (Å²) in [5.74, 6) is -0.845. The molecule has 0 aromatic rings. The molecule has 0 radical (unpaired) electrons. The third kappa shape index (κ3) is 7.06. The highest BCUT2D eigenvalue weighted by atomic mass is 16.7. The minimum atomic E-state index is -1.76. The van der Waals surface area contributed by atoms with Crippen LogP contribution in [-0.2, 0) is 23.7 Å². The van der Waals surface area contributed by atoms with E-state index in [4.69, 9.17) is 41.9 Å². The Labute approximate surface area is 229 Å². The Bertz CT molecular complexity index is 815. The molecule has 3 aliphatic rings. The summed E-state index contributed by atoms with van der Waals surface area (Å²) in [6.07, 6.45) is -19.8. The predicted molar refractivity (Wildman–Crippen MR) is 131 cm³/mol. The number of hydrogen-bond acceptors (Lipinski definition) is 17. The Kier molecular flexibility index (Phi) is 11.9. The largest absolute Gasteiger partial charge is 0.394 e. The van der Waals surface area contributed by atoms with Crippen molar-refractivity contribution in [3.05, 3.63) is 0 Å². The number of carbonyl (C=O) groups is 1. The molecular formula is C22H43N5O13. The number of nitrogens with two attached hydrogens (primary N) is 4. The van der Waals surface area contributed by atoms with Gasteiger partial charge in [-0.2, -0.15) is 0 Å². The summed E-state index contributed by atoms with van der Waals surface area (Å²) >= 11 is 0. The Balaban J connectivity index is 1.85. The lowest BCUT2D eigenvalue weighted by atomic mass is 9.83. The number of nitrogens with one attached hydrogen (secondary N) is 1. The van der Waals surface area contributed by atoms with Crippen LogP contribution in [-0.4, -0.2) is 164 Å². The van der Waals surface area contributed by atoms with E-state index in [0.29, 0.717) is 0 Å². The molecule has 16 atom stereocenters. The summed E-state index contributed by atoms with van der Waals surface area (Å²) in [5, 5.41) is 84.9. The van der Waals surface area contributed by atoms with E-state index in [9.17, 15) is 45.6 Å². The molecule has 1 saturated carbocycles. The van der Waals surface area contributed by atoms with Gasteiger partial charge in [-0.25, -0.2) is 0 Å². The fraction of sp³-hybridized carbons (Fsp3) is 0.955. The van der Waals surface area contributed by atoms with Crippen molar-refractivity contribution in [3.63, 3.8) is 0 Å². The second-order valence-electron chi connectivity index (χ2n) is 10.3. The van der Waals surface area contributed by atoms with E-state index in [0.717, 1.165) is 0 Å². The standard InChI is InChI=1S/C22H43N5O13/c23-2-1-8(29)20(36)27-7-3-6(25)18(39-22-16(34)15(33)13(31)9(4-24)37-22)17(35)19(7)40-21-14(32)11(26)12(30)10(5-28)38-21/h6-19,21-22,28-35H,1-5,23-26H2,(H,27,36)/t6-,7+,8-,9+,10+,11-,12+,13-,14+,15?,16+,17-,18+,19-,21+,22+/m0/s1. The minimum absolute atomic E-state index is 0.0101. The number of hydrogen-bond donors (Lipinski definition) is 13. The SMILES string of the molecule is NCC[C@H](O)C(=O)N[C@@H]1C[C@H](N)[C@@H](O[C@H]2O[C@H](CN)[C@H](O)C(O)[C@H]2O)[C@H](O)[C@H]1O[C@H]1O[C@H](CO)[C@@H](O)[C@H](N)[C@H]1O. The highest BCUT2D eigenvalue weighted by molar-refractivity contribution is 5.80. The zero-order valence-corrected chi connectivity index (χ0v) is 21.7. The molecule has 3 rings (SSSR count). The van der Waals surface area contributed by atoms with Gasteiger partial charge < -0.3 is 88.1 Å². The monoisotopic (exact) mass is 585 g/mol. The quantitative estimate of drug-likeness (QED) is 0.113. The van der Waals surface area contributed by atoms with Crippen LogP contribution in [0.2, 0.25) is 0 Å². The van der Waals surface area contributed by atoms with E-state index in [2.05, 4.69) is 5.32 Å². The van der Waals surface area contributed by atoms with E-state index in [-0.39, 0.29) is 25.9 Å². The highest BCUT2D eigenvalue weighted by Gasteiger charge is 2.52. The Morgan fingerprint density at radius 3 is 2.05 bits per heavy atom. The zero-order valence-electron chi connectivity index (χ0n) is 21.7. The van der Waals surface area contributed by atoms with Gasteiger partial charge in [-0.1, -0.05) is 0 Å². The molecule has 1 aliphatic carbocycles. The van der Waals surface area contributed by atoms with Crippen LogP contribution in [0.1, 0.15) is 12.8 Å². The lowest BCUT2D eigenvalue weighted by molar-refractivity contribution is -0.332. The van der Waals surface area contributed by atoms with E-state index in [1.165, 1.54) is 0 Å². The molecule has 2 heterocycles. The van der Waals surface area contributed by atoms with Gasteiger partial charge in [-0.15, -0.1) is 0 Å². The lowest BCUT2D eigenvalue weighted by Crippen LogP contribution is -2.69. The van der Waals surface area contributed by atoms with Crippen molar-refractivity contribution < 1.29 is 64.6 Å². The van der Waals surface area contributed by atoms with Gasteiger partial charge in [0.1, 0.15) is 67.1 Å². The zero-order chi connectivity index (χ0) is 29.9. The van der Waals surface area contributed by atoms with Crippen LogP contribution in [0.3, 0.4) is 0 Å². The number of ether oxygens (including phenoxy) is 4. The lowest BCUT2D eigenvalue weighted by Gasteiger charge is -2.49. The molecule has 2 aliphatic heterocycles. The first-order valence-corrected chi connectivity index (χ1v) is 13.1. The van der Waals surface area contributed by atoms with Crippen LogP contribution < -0.4 is 28.3 Å². The Hall–Kier alpha value is -1.17. The van der Waals surface area contributed by atoms with Crippen molar-refractivity contribution in [1.82, 2.24) is 5.32 Å². The minimum Gasteiger partial charge on any atom is -0.394 e. The Morgan fingerprint density at radius 1 is 0.850 bits per heavy atom. The smallest absolute Gasteiger partial charge is 0.249 e. The number of aliphatic hydroxyl groups excluding tert-OH is 8. The first-order chi connectivity index (χ1) is 18.9. The summed E-state index contributed by atoms with van der Waals surface area (Å²) in [6.45, 7) is -0.898. The second-order valence-corrected chi connectivity index (χ2v) is 10.3. The maximum absolute atomic E-state index is 12.6. The summed E-state index contributed by atoms with van der Waals surface area (Å²) < 4.78 is 22.5. The van der Waals surface area contributed by atoms with Gasteiger partial charge in [0.15, 0.2) is 12.6 Å². The molecule has 17 N–H and O–H groups in total. The van der Waals surface area contributed by atoms with Crippen LogP contribution in [0, 0.1) is 0 Å². The number of carbonyl (C=O) groups excluding carboxylic acids is 1. The molecule has 0 spiro atoms. The van der Waals surface area contributed by atoms with Crippen molar-refractivity contribution in [3.8, 4) is 0 Å². The van der Waals surface area contributed by atoms with Gasteiger partial charge in [0.2, 0.25) is 5.91 Å². The fourth-order valence-electron chi connectivity index (χ4n) is 5.07. The van der Waals surface area contributed by atoms with Gasteiger partial charge in [0, 0.05) is 12.6 Å². The van der Waals surface area contributed by atoms with Crippen molar-refractivity contribution in [2.75, 3.05) is 19.7 Å². The van der Waals surface area contributed by atoms with Crippen LogP contribution >= 0.6 is 0 Å². The average molecular weight is 586 g/mol. The highest BCUT2D eigenvalue weighted by Crippen LogP contribution is 2.32. The molecule has 0 aromatic carbocycles. The van der Waals surface area contributed by atoms with E-state index >= 15 is 0 Å². The van der Waals surface area contributed by atoms with Crippen molar-refractivity contribution >= 4 is 5.91 Å². The van der Waals surface area contributed by atoms with Crippen molar-refractivity contribution in [1.29, 1.82) is 0 Å². The normalized spacial score (nSPS) is 47.0. The molecule has 0 aromatic heterocycles. The summed E-state index contributed by atoms with van der Waals surface area (Å²) in [7, 11) is 0. The summed E-state index contributed by atoms with van der Waals surface area (Å²) in [5.41, 5.74) is 23.1. The van der Waals surface area contributed by atoms with Crippen LogP contribution in [0.4, 0.5) is 0 Å². The van der Waals surface area contributed by atoms with E-state index in [1.807, 2.05) is 0 Å². The van der Waals surface area contributed by atoms with E-state index in [1.54, 1.807) is 0 Å². The van der Waals surface area contributed by atoms with Gasteiger partial charge in [0.05, 0.1) is 18.7 Å². The van der Waals surface area contributed by atoms with Gasteiger partial charge in [-0.3, -0.25) is 4.79 Å². The van der Waals surface area contributed by atoms with Crippen LogP contribution in [0.15, 0.2) is 0 Å². The second kappa shape index (κ2) is 14.3. The van der Waals surface area contributed by atoms with Crippen LogP contribution in [0.5, 0.6) is 0 Å². The molecule has 1 unspecified atom stereocenters. The Morgan fingerprint density at radius 2 is 1.45 bits per heavy atom. The predicted octanol–water partition coefficient (Wildman–Crippen LogP) is -8.42. The molecule has 18 nitrogen and oxygen atoms in total. The third-order valence-electron chi connectivity index (χ3n) is 7.51. The average Bonchev–Trinajstić information content (AvgIpc) is 2.92. The maximum atomic E-state index is 12.6. The van der Waals surface area contributed by atoms with Crippen molar-refractivity contribution in [2.45, 2.75) is 111 Å². The molecule has 3 fully saturated rings. The van der Waals surface area contributed by atoms with E-state index < -0.39 is 110 Å². The first-order valence-electron chi connectivity index (χ1n) is 13.1. The van der Waals surface area contributed by atoms with Crippen LogP contribution in [0.25, 0.3) is 0 Å². The number of rotatable bonds is 10. The molecule has 0 bridgehead atoms. The third-order valence-corrected chi connectivity index (χ3v) is 7.51. The summed E-state index contributed by atoms with van der Waals surface area (Å²) in [4.78, 5) is 12.6. The van der Waals surface area contributed by atoms with Gasteiger partial charge in [0.25, 0.3) is 0 Å². The van der Waals surface area contributed by atoms with Crippen molar-refractivity contribution in [2.24, 2.45) is 22.9 Å². The molecule has 40 heavy (non-hydrogen) atoms. The maximum Gasteiger partial charge on any atom is 0.249 e. The molecule has 18 heteroatoms. The molecular weight excluding hydrogens is 542 g/mol. The van der Waals surface area contributed by atoms with Gasteiger partial charge >= 0.3 is 0 Å². The number of amides is 1. The number of aliphatic hydroxyl groups is 8. The molecule has 2 saturated heterocycles.